The molecule has 1 saturated heterocycles. The topological polar surface area (TPSA) is 80.3 Å². The van der Waals surface area contributed by atoms with Crippen LogP contribution >= 0.6 is 0 Å². The fourth-order valence-corrected chi connectivity index (χ4v) is 3.82. The minimum Gasteiger partial charge on any atom is -0.399 e. The largest absolute Gasteiger partial charge is 0.494 e. The summed E-state index contributed by atoms with van der Waals surface area (Å²) in [6, 6.07) is 6.23. The Morgan fingerprint density at radius 2 is 1.81 bits per heavy atom. The molecule has 0 spiro atoms. The first-order chi connectivity index (χ1) is 12.0. The molecule has 2 heterocycles. The van der Waals surface area contributed by atoms with E-state index in [4.69, 9.17) is 9.31 Å². The maximum atomic E-state index is 10.0. The van der Waals surface area contributed by atoms with Gasteiger partial charge in [0, 0.05) is 6.04 Å². The van der Waals surface area contributed by atoms with Crippen molar-refractivity contribution in [3.05, 3.63) is 24.0 Å². The molecule has 0 atom stereocenters. The minimum atomic E-state index is -0.628. The third-order valence-corrected chi connectivity index (χ3v) is 6.08. The van der Waals surface area contributed by atoms with Crippen molar-refractivity contribution >= 4 is 23.6 Å². The standard InChI is InChI=1S/C19H24BN3O3/c1-17(2)18(3,4)26-20(25-17)13-6-12(10-21)16-15(7-13)22-11-23(16)14-8-19(5,24)9-14/h6-7,11,14,24H,8-9H2,1-5H3. The molecule has 4 rings (SSSR count). The van der Waals surface area contributed by atoms with Crippen LogP contribution in [0.2, 0.25) is 0 Å². The van der Waals surface area contributed by atoms with Gasteiger partial charge in [-0.05, 0) is 65.1 Å². The van der Waals surface area contributed by atoms with E-state index in [1.54, 1.807) is 6.33 Å². The van der Waals surface area contributed by atoms with Crippen LogP contribution in [0.3, 0.4) is 0 Å². The molecule has 6 nitrogen and oxygen atoms in total. The summed E-state index contributed by atoms with van der Waals surface area (Å²) in [5.41, 5.74) is 1.42. The van der Waals surface area contributed by atoms with E-state index in [0.717, 1.165) is 16.5 Å². The number of nitrogens with zero attached hydrogens (tertiary/aromatic N) is 3. The van der Waals surface area contributed by atoms with Crippen LogP contribution in [0.4, 0.5) is 0 Å². The van der Waals surface area contributed by atoms with Crippen LogP contribution in [-0.4, -0.2) is 38.6 Å². The summed E-state index contributed by atoms with van der Waals surface area (Å²) < 4.78 is 14.2. The van der Waals surface area contributed by atoms with E-state index >= 15 is 0 Å². The molecule has 7 heteroatoms. The van der Waals surface area contributed by atoms with Crippen LogP contribution in [0.25, 0.3) is 11.0 Å². The fraction of sp³-hybridized carbons (Fsp3) is 0.579. The van der Waals surface area contributed by atoms with E-state index in [9.17, 15) is 10.4 Å². The van der Waals surface area contributed by atoms with Crippen molar-refractivity contribution in [2.45, 2.75) is 70.3 Å². The average molecular weight is 353 g/mol. The molecule has 1 aliphatic heterocycles. The Morgan fingerprint density at radius 1 is 1.19 bits per heavy atom. The molecule has 2 aromatic rings. The number of hydrogen-bond donors (Lipinski definition) is 1. The first-order valence-corrected chi connectivity index (χ1v) is 9.02. The molecule has 1 aromatic carbocycles. The monoisotopic (exact) mass is 353 g/mol. The quantitative estimate of drug-likeness (QED) is 0.838. The molecule has 1 N–H and O–H groups in total. The normalized spacial score (nSPS) is 29.6. The smallest absolute Gasteiger partial charge is 0.399 e. The molecule has 1 saturated carbocycles. The summed E-state index contributed by atoms with van der Waals surface area (Å²) in [4.78, 5) is 4.50. The Morgan fingerprint density at radius 3 is 2.35 bits per heavy atom. The van der Waals surface area contributed by atoms with Gasteiger partial charge in [-0.25, -0.2) is 4.98 Å². The molecule has 26 heavy (non-hydrogen) atoms. The number of fused-ring (bicyclic) bond motifs is 1. The summed E-state index contributed by atoms with van der Waals surface area (Å²) in [6.07, 6.45) is 3.10. The third-order valence-electron chi connectivity index (χ3n) is 6.08. The zero-order valence-electron chi connectivity index (χ0n) is 15.9. The molecule has 1 aliphatic carbocycles. The highest BCUT2D eigenvalue weighted by atomic mass is 16.7. The fourth-order valence-electron chi connectivity index (χ4n) is 3.82. The van der Waals surface area contributed by atoms with Crippen molar-refractivity contribution in [2.24, 2.45) is 0 Å². The lowest BCUT2D eigenvalue weighted by atomic mass is 9.76. The summed E-state index contributed by atoms with van der Waals surface area (Å²) in [6.45, 7) is 9.87. The zero-order chi connectivity index (χ0) is 18.9. The number of aliphatic hydroxyl groups is 1. The molecular weight excluding hydrogens is 329 g/mol. The highest BCUT2D eigenvalue weighted by Gasteiger charge is 2.52. The van der Waals surface area contributed by atoms with Crippen molar-refractivity contribution in [1.29, 1.82) is 5.26 Å². The van der Waals surface area contributed by atoms with Crippen LogP contribution < -0.4 is 5.46 Å². The van der Waals surface area contributed by atoms with Gasteiger partial charge in [-0.2, -0.15) is 5.26 Å². The second kappa shape index (κ2) is 5.32. The lowest BCUT2D eigenvalue weighted by Gasteiger charge is -2.41. The molecule has 136 valence electrons. The van der Waals surface area contributed by atoms with Crippen LogP contribution in [0, 0.1) is 11.3 Å². The first kappa shape index (κ1) is 17.5. The molecule has 2 aliphatic rings. The SMILES string of the molecule is CC1(O)CC(n2cnc3cc(B4OC(C)(C)C(C)(C)O4)cc(C#N)c32)C1. The van der Waals surface area contributed by atoms with E-state index in [1.807, 2.05) is 51.3 Å². The van der Waals surface area contributed by atoms with Gasteiger partial charge in [0.2, 0.25) is 0 Å². The Balaban J connectivity index is 1.73. The van der Waals surface area contributed by atoms with Gasteiger partial charge < -0.3 is 19.0 Å². The van der Waals surface area contributed by atoms with Crippen LogP contribution in [0.5, 0.6) is 0 Å². The predicted octanol–water partition coefficient (Wildman–Crippen LogP) is 2.29. The summed E-state index contributed by atoms with van der Waals surface area (Å²) in [5, 5.41) is 19.7. The number of benzene rings is 1. The van der Waals surface area contributed by atoms with Gasteiger partial charge in [0.15, 0.2) is 0 Å². The van der Waals surface area contributed by atoms with Gasteiger partial charge in [0.25, 0.3) is 0 Å². The lowest BCUT2D eigenvalue weighted by Crippen LogP contribution is -2.41. The molecular formula is C19H24BN3O3. The van der Waals surface area contributed by atoms with Crippen molar-refractivity contribution in [3.8, 4) is 6.07 Å². The molecule has 0 bridgehead atoms. The summed E-state index contributed by atoms with van der Waals surface area (Å²) >= 11 is 0. The van der Waals surface area contributed by atoms with E-state index in [2.05, 4.69) is 11.1 Å². The predicted molar refractivity (Wildman–Crippen MR) is 99.1 cm³/mol. The number of aromatic nitrogens is 2. The minimum absolute atomic E-state index is 0.171. The summed E-state index contributed by atoms with van der Waals surface area (Å²) in [7, 11) is -0.522. The third kappa shape index (κ3) is 2.56. The first-order valence-electron chi connectivity index (χ1n) is 9.02. The maximum absolute atomic E-state index is 10.0. The molecule has 0 unspecified atom stereocenters. The van der Waals surface area contributed by atoms with Gasteiger partial charge in [0.1, 0.15) is 6.07 Å². The Labute approximate surface area is 153 Å². The number of rotatable bonds is 2. The van der Waals surface area contributed by atoms with E-state index < -0.39 is 23.9 Å². The Kier molecular flexibility index (Phi) is 3.59. The van der Waals surface area contributed by atoms with E-state index in [0.29, 0.717) is 18.4 Å². The molecule has 1 aromatic heterocycles. The van der Waals surface area contributed by atoms with Crippen LogP contribution in [0.15, 0.2) is 18.5 Å². The van der Waals surface area contributed by atoms with E-state index in [1.165, 1.54) is 0 Å². The Bertz CT molecular complexity index is 902. The number of imidazole rings is 1. The van der Waals surface area contributed by atoms with Crippen LogP contribution in [-0.2, 0) is 9.31 Å². The second-order valence-corrected chi connectivity index (χ2v) is 8.85. The highest BCUT2D eigenvalue weighted by molar-refractivity contribution is 6.62. The van der Waals surface area contributed by atoms with Gasteiger partial charge >= 0.3 is 7.12 Å². The number of hydrogen-bond acceptors (Lipinski definition) is 5. The van der Waals surface area contributed by atoms with E-state index in [-0.39, 0.29) is 6.04 Å². The maximum Gasteiger partial charge on any atom is 0.494 e. The van der Waals surface area contributed by atoms with Gasteiger partial charge in [-0.1, -0.05) is 0 Å². The second-order valence-electron chi connectivity index (χ2n) is 8.85. The lowest BCUT2D eigenvalue weighted by molar-refractivity contribution is -0.0498. The zero-order valence-corrected chi connectivity index (χ0v) is 15.9. The van der Waals surface area contributed by atoms with Crippen molar-refractivity contribution in [2.75, 3.05) is 0 Å². The molecule has 2 fully saturated rings. The van der Waals surface area contributed by atoms with Crippen molar-refractivity contribution in [3.63, 3.8) is 0 Å². The van der Waals surface area contributed by atoms with Gasteiger partial charge in [-0.15, -0.1) is 0 Å². The van der Waals surface area contributed by atoms with Crippen molar-refractivity contribution < 1.29 is 14.4 Å². The van der Waals surface area contributed by atoms with Gasteiger partial charge in [-0.3, -0.25) is 0 Å². The highest BCUT2D eigenvalue weighted by Crippen LogP contribution is 2.42. The number of nitriles is 1. The van der Waals surface area contributed by atoms with Gasteiger partial charge in [0.05, 0.1) is 39.7 Å². The average Bonchev–Trinajstić information content (AvgIpc) is 3.02. The molecule has 0 radical (unpaired) electrons. The van der Waals surface area contributed by atoms with Crippen molar-refractivity contribution in [1.82, 2.24) is 9.55 Å². The summed E-state index contributed by atoms with van der Waals surface area (Å²) in [5.74, 6) is 0. The van der Waals surface area contributed by atoms with Crippen LogP contribution in [0.1, 0.15) is 59.1 Å². The molecule has 0 amide bonds. The Hall–Kier alpha value is -1.88.